The predicted molar refractivity (Wildman–Crippen MR) is 75.6 cm³/mol. The van der Waals surface area contributed by atoms with E-state index in [9.17, 15) is 17.2 Å². The molecule has 0 aromatic carbocycles. The molecule has 0 saturated heterocycles. The Labute approximate surface area is 122 Å². The first kappa shape index (κ1) is 17.5. The molecule has 0 bridgehead atoms. The Morgan fingerprint density at radius 3 is 2.38 bits per heavy atom. The van der Waals surface area contributed by atoms with Crippen molar-refractivity contribution in [3.63, 3.8) is 0 Å². The van der Waals surface area contributed by atoms with E-state index in [-0.39, 0.29) is 6.42 Å². The fraction of sp³-hybridized carbons (Fsp3) is 0.727. The molecular formula is C11H18F2N4O3S. The number of hydrogen-bond acceptors (Lipinski definition) is 7. The van der Waals surface area contributed by atoms with E-state index in [2.05, 4.69) is 10.3 Å². The highest BCUT2D eigenvalue weighted by molar-refractivity contribution is 8.08. The minimum atomic E-state index is -5.12. The summed E-state index contributed by atoms with van der Waals surface area (Å²) in [6.45, 7) is 4.20. The molecule has 0 fully saturated rings. The van der Waals surface area contributed by atoms with Gasteiger partial charge in [-0.1, -0.05) is 5.16 Å². The molecule has 0 amide bonds. The third kappa shape index (κ3) is 3.36. The van der Waals surface area contributed by atoms with Crippen molar-refractivity contribution in [3.05, 3.63) is 0 Å². The van der Waals surface area contributed by atoms with Crippen LogP contribution in [0.5, 0.6) is 0 Å². The Morgan fingerprint density at radius 2 is 2.00 bits per heavy atom. The van der Waals surface area contributed by atoms with Crippen molar-refractivity contribution in [1.29, 1.82) is 5.41 Å². The Morgan fingerprint density at radius 1 is 1.48 bits per heavy atom. The molecule has 0 aromatic heterocycles. The summed E-state index contributed by atoms with van der Waals surface area (Å²) in [6.07, 6.45) is -0.276. The van der Waals surface area contributed by atoms with Gasteiger partial charge in [-0.05, 0) is 20.8 Å². The molecule has 1 N–H and O–H groups in total. The number of nitrogens with zero attached hydrogens (tertiary/aromatic N) is 3. The summed E-state index contributed by atoms with van der Waals surface area (Å²) >= 11 is 0. The monoisotopic (exact) mass is 324 g/mol. The van der Waals surface area contributed by atoms with Crippen LogP contribution >= 0.6 is 0 Å². The largest absolute Gasteiger partial charge is 0.393 e. The standard InChI is InChI=1S/C11H18F2N4O3S/c1-7(15-17(4)5)9(14)11(12,13)21(18,19)8-6-10(2,3)20-16-8/h14H,6H2,1-5H3/b14-9?,15-7-. The predicted octanol–water partition coefficient (Wildman–Crippen LogP) is 1.46. The van der Waals surface area contributed by atoms with Crippen molar-refractivity contribution in [1.82, 2.24) is 5.01 Å². The zero-order valence-electron chi connectivity index (χ0n) is 12.4. The molecule has 1 aliphatic rings. The van der Waals surface area contributed by atoms with Gasteiger partial charge in [0.2, 0.25) is 0 Å². The topological polar surface area (TPSA) is 95.2 Å². The molecule has 0 aliphatic carbocycles. The lowest BCUT2D eigenvalue weighted by molar-refractivity contribution is 0.0123. The van der Waals surface area contributed by atoms with Gasteiger partial charge >= 0.3 is 5.25 Å². The second-order valence-corrected chi connectivity index (χ2v) is 7.43. The minimum absolute atomic E-state index is 0.276. The normalized spacial score (nSPS) is 19.0. The molecule has 0 radical (unpaired) electrons. The fourth-order valence-corrected chi connectivity index (χ4v) is 2.98. The number of hydrazone groups is 1. The van der Waals surface area contributed by atoms with Gasteiger partial charge in [0.05, 0.1) is 5.71 Å². The lowest BCUT2D eigenvalue weighted by atomic mass is 10.1. The van der Waals surface area contributed by atoms with Crippen LogP contribution < -0.4 is 0 Å². The molecule has 0 atom stereocenters. The van der Waals surface area contributed by atoms with Crippen molar-refractivity contribution in [2.24, 2.45) is 10.3 Å². The van der Waals surface area contributed by atoms with E-state index in [0.29, 0.717) is 0 Å². The summed E-state index contributed by atoms with van der Waals surface area (Å²) in [5.41, 5.74) is -2.75. The van der Waals surface area contributed by atoms with Crippen LogP contribution in [0, 0.1) is 5.41 Å². The van der Waals surface area contributed by atoms with Gasteiger partial charge in [0.1, 0.15) is 11.3 Å². The van der Waals surface area contributed by atoms with Gasteiger partial charge in [0.15, 0.2) is 5.04 Å². The van der Waals surface area contributed by atoms with Crippen molar-refractivity contribution in [3.8, 4) is 0 Å². The van der Waals surface area contributed by atoms with E-state index in [4.69, 9.17) is 10.2 Å². The SMILES string of the molecule is C/C(=N/N(C)C)C(=N)C(F)(F)S(=O)(=O)C1=NOC(C)(C)C1. The van der Waals surface area contributed by atoms with Gasteiger partial charge in [-0.3, -0.25) is 5.41 Å². The van der Waals surface area contributed by atoms with Crippen LogP contribution in [0.4, 0.5) is 8.78 Å². The zero-order valence-corrected chi connectivity index (χ0v) is 13.3. The van der Waals surface area contributed by atoms with E-state index in [1.54, 1.807) is 0 Å². The van der Waals surface area contributed by atoms with Gasteiger partial charge < -0.3 is 9.85 Å². The molecule has 1 rings (SSSR count). The second kappa shape index (κ2) is 5.32. The maximum atomic E-state index is 14.2. The summed E-state index contributed by atoms with van der Waals surface area (Å²) < 4.78 is 52.3. The van der Waals surface area contributed by atoms with Crippen molar-refractivity contribution >= 4 is 26.3 Å². The first-order valence-electron chi connectivity index (χ1n) is 6.00. The summed E-state index contributed by atoms with van der Waals surface area (Å²) in [5.74, 6) is 0. The molecule has 10 heteroatoms. The zero-order chi connectivity index (χ0) is 16.6. The van der Waals surface area contributed by atoms with Crippen LogP contribution in [0.15, 0.2) is 10.3 Å². The van der Waals surface area contributed by atoms with E-state index in [0.717, 1.165) is 6.92 Å². The summed E-state index contributed by atoms with van der Waals surface area (Å²) in [5, 5.41) is 10.3. The molecule has 0 spiro atoms. The lowest BCUT2D eigenvalue weighted by Crippen LogP contribution is -2.45. The Balaban J connectivity index is 3.15. The van der Waals surface area contributed by atoms with E-state index in [1.165, 1.54) is 33.0 Å². The summed E-state index contributed by atoms with van der Waals surface area (Å²) in [6, 6.07) is 0. The number of nitrogens with one attached hydrogen (secondary N) is 1. The molecule has 0 unspecified atom stereocenters. The van der Waals surface area contributed by atoms with Gasteiger partial charge in [-0.2, -0.15) is 13.9 Å². The number of rotatable bonds is 4. The van der Waals surface area contributed by atoms with Crippen LogP contribution in [-0.4, -0.2) is 54.8 Å². The second-order valence-electron chi connectivity index (χ2n) is 5.44. The average molecular weight is 324 g/mol. The Hall–Kier alpha value is -1.58. The molecule has 120 valence electrons. The molecule has 0 aromatic rings. The number of halogens is 2. The third-order valence-corrected chi connectivity index (χ3v) is 4.34. The highest BCUT2D eigenvalue weighted by atomic mass is 32.2. The minimum Gasteiger partial charge on any atom is -0.389 e. The quantitative estimate of drug-likeness (QED) is 0.625. The molecular weight excluding hydrogens is 306 g/mol. The number of sulfone groups is 1. The first-order valence-corrected chi connectivity index (χ1v) is 7.49. The van der Waals surface area contributed by atoms with Gasteiger partial charge in [0.25, 0.3) is 9.84 Å². The fourth-order valence-electron chi connectivity index (χ4n) is 1.59. The highest BCUT2D eigenvalue weighted by Gasteiger charge is 2.55. The van der Waals surface area contributed by atoms with Crippen molar-refractivity contribution in [2.45, 2.75) is 38.0 Å². The third-order valence-electron chi connectivity index (χ3n) is 2.62. The smallest absolute Gasteiger partial charge is 0.389 e. The lowest BCUT2D eigenvalue weighted by Gasteiger charge is -2.18. The maximum absolute atomic E-state index is 14.2. The number of oxime groups is 1. The molecule has 0 saturated carbocycles. The van der Waals surface area contributed by atoms with Crippen LogP contribution in [0.3, 0.4) is 0 Å². The van der Waals surface area contributed by atoms with Gasteiger partial charge in [-0.15, -0.1) is 0 Å². The van der Waals surface area contributed by atoms with Crippen molar-refractivity contribution < 1.29 is 22.0 Å². The van der Waals surface area contributed by atoms with Crippen molar-refractivity contribution in [2.75, 3.05) is 14.1 Å². The number of hydrogen-bond donors (Lipinski definition) is 1. The molecule has 1 heterocycles. The molecule has 21 heavy (non-hydrogen) atoms. The van der Waals surface area contributed by atoms with E-state index >= 15 is 0 Å². The average Bonchev–Trinajstić information content (AvgIpc) is 2.68. The van der Waals surface area contributed by atoms with Gasteiger partial charge in [-0.25, -0.2) is 8.42 Å². The molecule has 7 nitrogen and oxygen atoms in total. The Bertz CT molecular complexity index is 609. The van der Waals surface area contributed by atoms with Gasteiger partial charge in [0, 0.05) is 20.5 Å². The highest BCUT2D eigenvalue weighted by Crippen LogP contribution is 2.33. The van der Waals surface area contributed by atoms with Crippen LogP contribution in [0.1, 0.15) is 27.2 Å². The maximum Gasteiger partial charge on any atom is 0.393 e. The van der Waals surface area contributed by atoms with Crippen LogP contribution in [0.25, 0.3) is 0 Å². The van der Waals surface area contributed by atoms with Crippen LogP contribution in [-0.2, 0) is 14.7 Å². The Kier molecular flexibility index (Phi) is 4.42. The van der Waals surface area contributed by atoms with E-state index in [1.807, 2.05) is 0 Å². The first-order chi connectivity index (χ1) is 9.31. The van der Waals surface area contributed by atoms with Crippen LogP contribution in [0.2, 0.25) is 0 Å². The van der Waals surface area contributed by atoms with E-state index < -0.39 is 37.2 Å². The summed E-state index contributed by atoms with van der Waals surface area (Å²) in [4.78, 5) is 4.81. The summed E-state index contributed by atoms with van der Waals surface area (Å²) in [7, 11) is -2.18. The number of alkyl halides is 2. The molecule has 1 aliphatic heterocycles.